The lowest BCUT2D eigenvalue weighted by Gasteiger charge is -2.18. The molecule has 0 heterocycles. The molecule has 0 amide bonds. The molecule has 0 spiro atoms. The van der Waals surface area contributed by atoms with E-state index >= 15 is 0 Å². The molecule has 8 heteroatoms. The fourth-order valence-electron chi connectivity index (χ4n) is 2.84. The van der Waals surface area contributed by atoms with Crippen LogP contribution in [0.4, 0.5) is 0 Å². The average Bonchev–Trinajstić information content (AvgIpc) is 2.68. The number of hydrogen-bond donors (Lipinski definition) is 3. The second-order valence-corrected chi connectivity index (χ2v) is 8.41. The summed E-state index contributed by atoms with van der Waals surface area (Å²) in [6, 6.07) is 14.8. The maximum Gasteiger partial charge on any atom is 0.472 e. The zero-order chi connectivity index (χ0) is 21.1. The molecule has 0 saturated heterocycles. The van der Waals surface area contributed by atoms with E-state index in [4.69, 9.17) is 9.05 Å². The maximum absolute atomic E-state index is 11.9. The van der Waals surface area contributed by atoms with Gasteiger partial charge in [-0.25, -0.2) is 4.57 Å². The van der Waals surface area contributed by atoms with E-state index in [-0.39, 0.29) is 24.7 Å². The Balaban J connectivity index is 1.56. The largest absolute Gasteiger partial charge is 0.504 e. The number of phenolic OH excluding ortho intramolecular Hbond substituents is 2. The number of aromatic hydroxyl groups is 2. The van der Waals surface area contributed by atoms with Crippen LogP contribution in [0.3, 0.4) is 0 Å². The van der Waals surface area contributed by atoms with E-state index in [2.05, 4.69) is 17.0 Å². The summed E-state index contributed by atoms with van der Waals surface area (Å²) in [5.41, 5.74) is 2.10. The van der Waals surface area contributed by atoms with E-state index in [0.29, 0.717) is 19.4 Å². The summed E-state index contributed by atoms with van der Waals surface area (Å²) in [5, 5.41) is 18.7. The number of phosphoric ester groups is 1. The zero-order valence-electron chi connectivity index (χ0n) is 16.7. The molecule has 0 aromatic heterocycles. The number of nitrogens with zero attached hydrogens (tertiary/aromatic N) is 1. The second-order valence-electron chi connectivity index (χ2n) is 6.95. The van der Waals surface area contributed by atoms with E-state index in [1.165, 1.54) is 17.7 Å². The van der Waals surface area contributed by atoms with Crippen molar-refractivity contribution in [2.75, 3.05) is 33.4 Å². The first-order chi connectivity index (χ1) is 13.9. The van der Waals surface area contributed by atoms with Crippen LogP contribution >= 0.6 is 7.82 Å². The van der Waals surface area contributed by atoms with Crippen LogP contribution < -0.4 is 0 Å². The minimum absolute atomic E-state index is 0.0579. The van der Waals surface area contributed by atoms with Gasteiger partial charge in [-0.05, 0) is 62.5 Å². The highest BCUT2D eigenvalue weighted by Gasteiger charge is 2.20. The predicted molar refractivity (Wildman–Crippen MR) is 112 cm³/mol. The number of rotatable bonds is 13. The first-order valence-corrected chi connectivity index (χ1v) is 11.2. The van der Waals surface area contributed by atoms with Crippen molar-refractivity contribution in [2.24, 2.45) is 0 Å². The summed E-state index contributed by atoms with van der Waals surface area (Å²) >= 11 is 0. The molecule has 29 heavy (non-hydrogen) atoms. The molecule has 0 aliphatic carbocycles. The predicted octanol–water partition coefficient (Wildman–Crippen LogP) is 3.73. The molecule has 0 saturated carbocycles. The molecule has 1 unspecified atom stereocenters. The molecule has 7 nitrogen and oxygen atoms in total. The SMILES string of the molecule is CN(CCCc1ccccc1)CCOP(=O)(O)OCCCc1ccc(O)c(O)c1. The Labute approximate surface area is 172 Å². The normalized spacial score (nSPS) is 13.5. The van der Waals surface area contributed by atoms with E-state index in [1.54, 1.807) is 6.07 Å². The molecule has 1 atom stereocenters. The van der Waals surface area contributed by atoms with Gasteiger partial charge in [0.05, 0.1) is 13.2 Å². The van der Waals surface area contributed by atoms with Gasteiger partial charge < -0.3 is 20.0 Å². The Morgan fingerprint density at radius 1 is 0.862 bits per heavy atom. The van der Waals surface area contributed by atoms with Gasteiger partial charge in [-0.1, -0.05) is 36.4 Å². The van der Waals surface area contributed by atoms with E-state index in [1.807, 2.05) is 25.2 Å². The number of hydrogen-bond acceptors (Lipinski definition) is 6. The van der Waals surface area contributed by atoms with Crippen LogP contribution in [0.15, 0.2) is 48.5 Å². The Morgan fingerprint density at radius 3 is 2.28 bits per heavy atom. The molecule has 2 aromatic rings. The standard InChI is InChI=1S/C21H30NO6P/c1-22(13-5-9-18-7-3-2-4-8-18)14-16-28-29(25,26)27-15-6-10-19-11-12-20(23)21(24)17-19/h2-4,7-8,11-12,17,23-24H,5-6,9-10,13-16H2,1H3,(H,25,26). The van der Waals surface area contributed by atoms with Crippen molar-refractivity contribution in [3.8, 4) is 11.5 Å². The number of aryl methyl sites for hydroxylation is 2. The number of benzene rings is 2. The number of phosphoric acid groups is 1. The van der Waals surface area contributed by atoms with Crippen molar-refractivity contribution < 1.29 is 28.7 Å². The van der Waals surface area contributed by atoms with Crippen molar-refractivity contribution in [3.05, 3.63) is 59.7 Å². The smallest absolute Gasteiger partial charge is 0.472 e. The fourth-order valence-corrected chi connectivity index (χ4v) is 3.59. The van der Waals surface area contributed by atoms with Crippen LogP contribution in [-0.4, -0.2) is 53.4 Å². The van der Waals surface area contributed by atoms with Gasteiger partial charge in [0.25, 0.3) is 0 Å². The van der Waals surface area contributed by atoms with E-state index < -0.39 is 7.82 Å². The van der Waals surface area contributed by atoms with Crippen LogP contribution in [0, 0.1) is 0 Å². The topological polar surface area (TPSA) is 99.5 Å². The lowest BCUT2D eigenvalue weighted by Crippen LogP contribution is -2.24. The van der Waals surface area contributed by atoms with Crippen molar-refractivity contribution in [1.82, 2.24) is 4.90 Å². The highest BCUT2D eigenvalue weighted by atomic mass is 31.2. The van der Waals surface area contributed by atoms with Gasteiger partial charge in [0.1, 0.15) is 0 Å². The Kier molecular flexibility index (Phi) is 9.64. The van der Waals surface area contributed by atoms with Gasteiger partial charge in [-0.15, -0.1) is 0 Å². The first kappa shape index (κ1) is 23.4. The van der Waals surface area contributed by atoms with Gasteiger partial charge >= 0.3 is 7.82 Å². The molecular formula is C21H30NO6P. The molecule has 160 valence electrons. The minimum atomic E-state index is -4.08. The molecule has 0 aliphatic heterocycles. The number of phenols is 2. The molecule has 0 radical (unpaired) electrons. The molecule has 2 rings (SSSR count). The monoisotopic (exact) mass is 423 g/mol. The molecule has 0 bridgehead atoms. The summed E-state index contributed by atoms with van der Waals surface area (Å²) in [7, 11) is -2.13. The minimum Gasteiger partial charge on any atom is -0.504 e. The summed E-state index contributed by atoms with van der Waals surface area (Å²) in [6.45, 7) is 1.58. The van der Waals surface area contributed by atoms with Crippen LogP contribution in [-0.2, 0) is 26.5 Å². The van der Waals surface area contributed by atoms with Gasteiger partial charge in [0.2, 0.25) is 0 Å². The van der Waals surface area contributed by atoms with Gasteiger partial charge in [0.15, 0.2) is 11.5 Å². The van der Waals surface area contributed by atoms with E-state index in [9.17, 15) is 19.7 Å². The van der Waals surface area contributed by atoms with Crippen LogP contribution in [0.2, 0.25) is 0 Å². The first-order valence-electron chi connectivity index (χ1n) is 9.71. The Morgan fingerprint density at radius 2 is 1.55 bits per heavy atom. The van der Waals surface area contributed by atoms with Crippen molar-refractivity contribution in [2.45, 2.75) is 25.7 Å². The summed E-state index contributed by atoms with van der Waals surface area (Å²) in [4.78, 5) is 11.8. The highest BCUT2D eigenvalue weighted by molar-refractivity contribution is 7.47. The third-order valence-corrected chi connectivity index (χ3v) is 5.50. The summed E-state index contributed by atoms with van der Waals surface area (Å²) in [5.74, 6) is -0.365. The molecule has 0 aliphatic rings. The lowest BCUT2D eigenvalue weighted by atomic mass is 10.1. The highest BCUT2D eigenvalue weighted by Crippen LogP contribution is 2.43. The molecule has 3 N–H and O–H groups in total. The van der Waals surface area contributed by atoms with E-state index in [0.717, 1.165) is 24.9 Å². The molecule has 0 fully saturated rings. The zero-order valence-corrected chi connectivity index (χ0v) is 17.6. The van der Waals surface area contributed by atoms with Crippen molar-refractivity contribution in [3.63, 3.8) is 0 Å². The lowest BCUT2D eigenvalue weighted by molar-refractivity contribution is 0.135. The summed E-state index contributed by atoms with van der Waals surface area (Å²) in [6.07, 6.45) is 3.02. The third kappa shape index (κ3) is 9.43. The second kappa shape index (κ2) is 12.0. The fraction of sp³-hybridized carbons (Fsp3) is 0.429. The van der Waals surface area contributed by atoms with Gasteiger partial charge in [-0.2, -0.15) is 0 Å². The Bertz CT molecular complexity index is 786. The molecular weight excluding hydrogens is 393 g/mol. The van der Waals surface area contributed by atoms with Gasteiger partial charge in [-0.3, -0.25) is 9.05 Å². The van der Waals surface area contributed by atoms with Crippen molar-refractivity contribution >= 4 is 7.82 Å². The van der Waals surface area contributed by atoms with Crippen LogP contribution in [0.5, 0.6) is 11.5 Å². The van der Waals surface area contributed by atoms with Crippen LogP contribution in [0.1, 0.15) is 24.0 Å². The quantitative estimate of drug-likeness (QED) is 0.256. The average molecular weight is 423 g/mol. The third-order valence-electron chi connectivity index (χ3n) is 4.48. The van der Waals surface area contributed by atoms with Gasteiger partial charge in [0, 0.05) is 6.54 Å². The van der Waals surface area contributed by atoms with Crippen molar-refractivity contribution in [1.29, 1.82) is 0 Å². The number of likely N-dealkylation sites (N-methyl/N-ethyl adjacent to an activating group) is 1. The molecule has 2 aromatic carbocycles. The van der Waals surface area contributed by atoms with Crippen LogP contribution in [0.25, 0.3) is 0 Å². The maximum atomic E-state index is 11.9. The Hall–Kier alpha value is -1.89. The summed E-state index contributed by atoms with van der Waals surface area (Å²) < 4.78 is 21.9.